The molecule has 1 aliphatic carbocycles. The summed E-state index contributed by atoms with van der Waals surface area (Å²) in [7, 11) is 1.67. The molecule has 25 heavy (non-hydrogen) atoms. The normalized spacial score (nSPS) is 26.6. The molecule has 0 bridgehead atoms. The Labute approximate surface area is 150 Å². The number of carbonyl (C=O) groups excluding carboxylic acids is 1. The van der Waals surface area contributed by atoms with E-state index in [1.807, 2.05) is 19.1 Å². The number of carbonyl (C=O) groups is 1. The Bertz CT molecular complexity index is 859. The van der Waals surface area contributed by atoms with Gasteiger partial charge in [-0.05, 0) is 43.9 Å². The molecule has 1 saturated carbocycles. The molecule has 2 aromatic rings. The van der Waals surface area contributed by atoms with Gasteiger partial charge in [-0.3, -0.25) is 20.1 Å². The Balaban J connectivity index is 1.74. The number of guanidine groups is 1. The number of nitrogens with zero attached hydrogens (tertiary/aromatic N) is 2. The van der Waals surface area contributed by atoms with Gasteiger partial charge in [0.15, 0.2) is 5.96 Å². The lowest BCUT2D eigenvalue weighted by molar-refractivity contribution is -0.136. The second-order valence-corrected chi connectivity index (χ2v) is 8.14. The molecule has 6 nitrogen and oxygen atoms in total. The van der Waals surface area contributed by atoms with Crippen molar-refractivity contribution in [2.45, 2.75) is 25.3 Å². The van der Waals surface area contributed by atoms with Crippen molar-refractivity contribution in [3.05, 3.63) is 35.5 Å². The van der Waals surface area contributed by atoms with Crippen LogP contribution < -0.4 is 11.1 Å². The van der Waals surface area contributed by atoms with Crippen molar-refractivity contribution in [2.24, 2.45) is 11.8 Å². The number of hydrogen-bond donors (Lipinski definition) is 3. The standard InChI is InChI=1S/C18H21N5OS/c1-18(15(10-3-4-10)16(24)23(2)17(20)22-18)14-6-5-13(25-14)11-7-12(19)9-21-8-11/h5-10,15H,3-4,19H2,1-2H3,(H2,20,22)/t15-,18-/m1/s1. The predicted molar refractivity (Wildman–Crippen MR) is 99.2 cm³/mol. The van der Waals surface area contributed by atoms with Gasteiger partial charge < -0.3 is 11.1 Å². The third kappa shape index (κ3) is 2.59. The van der Waals surface area contributed by atoms with Crippen LogP contribution in [0.3, 0.4) is 0 Å². The van der Waals surface area contributed by atoms with Crippen LogP contribution in [-0.2, 0) is 10.3 Å². The molecule has 2 aliphatic rings. The van der Waals surface area contributed by atoms with Crippen LogP contribution in [0.2, 0.25) is 0 Å². The van der Waals surface area contributed by atoms with Gasteiger partial charge in [-0.1, -0.05) is 0 Å². The van der Waals surface area contributed by atoms with Gasteiger partial charge in [0.1, 0.15) is 0 Å². The van der Waals surface area contributed by atoms with Gasteiger partial charge in [0.2, 0.25) is 5.91 Å². The Morgan fingerprint density at radius 2 is 2.16 bits per heavy atom. The second kappa shape index (κ2) is 5.56. The smallest absolute Gasteiger partial charge is 0.235 e. The van der Waals surface area contributed by atoms with Crippen LogP contribution in [0.25, 0.3) is 10.4 Å². The lowest BCUT2D eigenvalue weighted by Crippen LogP contribution is -2.64. The van der Waals surface area contributed by atoms with E-state index < -0.39 is 5.54 Å². The van der Waals surface area contributed by atoms with Crippen molar-refractivity contribution in [3.63, 3.8) is 0 Å². The van der Waals surface area contributed by atoms with E-state index in [1.54, 1.807) is 30.8 Å². The number of hydrogen-bond acceptors (Lipinski definition) is 5. The first-order valence-electron chi connectivity index (χ1n) is 8.35. The Hall–Kier alpha value is -2.41. The summed E-state index contributed by atoms with van der Waals surface area (Å²) < 4.78 is 0. The Morgan fingerprint density at radius 1 is 1.40 bits per heavy atom. The van der Waals surface area contributed by atoms with Crippen LogP contribution in [0.4, 0.5) is 5.69 Å². The summed E-state index contributed by atoms with van der Waals surface area (Å²) in [6.45, 7) is 2.04. The average Bonchev–Trinajstić information content (AvgIpc) is 3.26. The molecule has 0 spiro atoms. The number of nitrogen functional groups attached to an aromatic ring is 1. The average molecular weight is 355 g/mol. The van der Waals surface area contributed by atoms with Crippen LogP contribution >= 0.6 is 11.3 Å². The number of rotatable bonds is 3. The summed E-state index contributed by atoms with van der Waals surface area (Å²) in [5, 5.41) is 11.4. The third-order valence-corrected chi connectivity index (χ3v) is 6.56. The van der Waals surface area contributed by atoms with Crippen molar-refractivity contribution in [2.75, 3.05) is 12.8 Å². The summed E-state index contributed by atoms with van der Waals surface area (Å²) in [4.78, 5) is 20.6. The lowest BCUT2D eigenvalue weighted by Gasteiger charge is -2.45. The molecule has 2 aromatic heterocycles. The van der Waals surface area contributed by atoms with E-state index in [1.165, 1.54) is 4.90 Å². The van der Waals surface area contributed by atoms with Crippen molar-refractivity contribution >= 4 is 28.9 Å². The second-order valence-electron chi connectivity index (χ2n) is 7.06. The maximum Gasteiger partial charge on any atom is 0.235 e. The van der Waals surface area contributed by atoms with Crippen molar-refractivity contribution in [1.29, 1.82) is 5.41 Å². The van der Waals surface area contributed by atoms with Gasteiger partial charge >= 0.3 is 0 Å². The van der Waals surface area contributed by atoms with Crippen LogP contribution in [0.1, 0.15) is 24.6 Å². The highest BCUT2D eigenvalue weighted by Gasteiger charge is 2.54. The van der Waals surface area contributed by atoms with Gasteiger partial charge in [0.05, 0.1) is 17.1 Å². The zero-order chi connectivity index (χ0) is 17.8. The van der Waals surface area contributed by atoms with E-state index in [4.69, 9.17) is 11.1 Å². The highest BCUT2D eigenvalue weighted by atomic mass is 32.1. The highest BCUT2D eigenvalue weighted by Crippen LogP contribution is 2.50. The maximum atomic E-state index is 12.9. The Morgan fingerprint density at radius 3 is 2.84 bits per heavy atom. The third-order valence-electron chi connectivity index (χ3n) is 5.19. The van der Waals surface area contributed by atoms with Crippen LogP contribution in [0.15, 0.2) is 30.6 Å². The van der Waals surface area contributed by atoms with Gasteiger partial charge in [-0.2, -0.15) is 0 Å². The minimum absolute atomic E-state index is 0.0364. The molecule has 1 amide bonds. The predicted octanol–water partition coefficient (Wildman–Crippen LogP) is 2.63. The first-order chi connectivity index (χ1) is 11.9. The molecule has 2 atom stereocenters. The van der Waals surface area contributed by atoms with Crippen LogP contribution in [0, 0.1) is 17.2 Å². The molecular formula is C18H21N5OS. The minimum Gasteiger partial charge on any atom is -0.397 e. The molecule has 2 fully saturated rings. The number of thiophene rings is 1. The fraction of sp³-hybridized carbons (Fsp3) is 0.389. The first kappa shape index (κ1) is 16.1. The number of anilines is 1. The fourth-order valence-corrected chi connectivity index (χ4v) is 4.78. The summed E-state index contributed by atoms with van der Waals surface area (Å²) >= 11 is 1.63. The molecule has 4 N–H and O–H groups in total. The molecule has 4 rings (SSSR count). The largest absolute Gasteiger partial charge is 0.397 e. The van der Waals surface area contributed by atoms with Gasteiger partial charge in [0.25, 0.3) is 0 Å². The molecule has 7 heteroatoms. The lowest BCUT2D eigenvalue weighted by atomic mass is 9.78. The van der Waals surface area contributed by atoms with Crippen molar-refractivity contribution < 1.29 is 4.79 Å². The van der Waals surface area contributed by atoms with Crippen LogP contribution in [-0.4, -0.2) is 28.8 Å². The van der Waals surface area contributed by atoms with E-state index in [0.717, 1.165) is 28.2 Å². The Kier molecular flexibility index (Phi) is 3.57. The molecule has 130 valence electrons. The first-order valence-corrected chi connectivity index (χ1v) is 9.17. The number of nitrogens with two attached hydrogens (primary N) is 1. The van der Waals surface area contributed by atoms with E-state index in [9.17, 15) is 4.79 Å². The summed E-state index contributed by atoms with van der Waals surface area (Å²) in [5.41, 5.74) is 6.89. The van der Waals surface area contributed by atoms with E-state index in [2.05, 4.69) is 16.4 Å². The van der Waals surface area contributed by atoms with Crippen LogP contribution in [0.5, 0.6) is 0 Å². The molecule has 1 aliphatic heterocycles. The molecule has 0 radical (unpaired) electrons. The molecule has 0 aromatic carbocycles. The minimum atomic E-state index is -0.557. The van der Waals surface area contributed by atoms with Crippen molar-refractivity contribution in [1.82, 2.24) is 15.2 Å². The molecule has 0 unspecified atom stereocenters. The van der Waals surface area contributed by atoms with E-state index in [0.29, 0.717) is 11.6 Å². The van der Waals surface area contributed by atoms with Gasteiger partial charge in [-0.15, -0.1) is 11.3 Å². The van der Waals surface area contributed by atoms with Gasteiger partial charge in [-0.25, -0.2) is 0 Å². The number of amides is 1. The summed E-state index contributed by atoms with van der Waals surface area (Å²) in [5.74, 6) is 0.441. The summed E-state index contributed by atoms with van der Waals surface area (Å²) in [6.07, 6.45) is 5.57. The molecular weight excluding hydrogens is 334 g/mol. The highest BCUT2D eigenvalue weighted by molar-refractivity contribution is 7.15. The number of pyridine rings is 1. The summed E-state index contributed by atoms with van der Waals surface area (Å²) in [6, 6.07) is 6.00. The van der Waals surface area contributed by atoms with E-state index >= 15 is 0 Å². The topological polar surface area (TPSA) is 95.1 Å². The zero-order valence-electron chi connectivity index (χ0n) is 14.2. The van der Waals surface area contributed by atoms with E-state index in [-0.39, 0.29) is 17.8 Å². The number of aromatic nitrogens is 1. The monoisotopic (exact) mass is 355 g/mol. The zero-order valence-corrected chi connectivity index (χ0v) is 15.1. The SMILES string of the molecule is CN1C(=N)N[C@](C)(c2ccc(-c3cncc(N)c3)s2)[C@H](C2CC2)C1=O. The molecule has 3 heterocycles. The maximum absolute atomic E-state index is 12.9. The van der Waals surface area contributed by atoms with Crippen molar-refractivity contribution in [3.8, 4) is 10.4 Å². The molecule has 1 saturated heterocycles. The van der Waals surface area contributed by atoms with Gasteiger partial charge in [0, 0.05) is 34.8 Å². The fourth-order valence-electron chi connectivity index (χ4n) is 3.66. The number of nitrogens with one attached hydrogen (secondary N) is 2. The quantitative estimate of drug-likeness (QED) is 0.789.